The van der Waals surface area contributed by atoms with E-state index in [9.17, 15) is 9.59 Å². The van der Waals surface area contributed by atoms with Gasteiger partial charge in [-0.1, -0.05) is 0 Å². The fourth-order valence-electron chi connectivity index (χ4n) is 0.400. The van der Waals surface area contributed by atoms with Crippen molar-refractivity contribution >= 4 is 11.9 Å². The van der Waals surface area contributed by atoms with Crippen LogP contribution in [0.25, 0.3) is 0 Å². The van der Waals surface area contributed by atoms with E-state index in [-0.39, 0.29) is 0 Å². The van der Waals surface area contributed by atoms with Crippen LogP contribution < -0.4 is 11.0 Å². The molecule has 0 aliphatic carbocycles. The summed E-state index contributed by atoms with van der Waals surface area (Å²) in [5, 5.41) is 10.6. The normalized spacial score (nSPS) is 16.4. The fourth-order valence-corrected chi connectivity index (χ4v) is 0.400. The van der Waals surface area contributed by atoms with Gasteiger partial charge in [-0.25, -0.2) is 0 Å². The summed E-state index contributed by atoms with van der Waals surface area (Å²) in [5.41, 5.74) is 1.95. The van der Waals surface area contributed by atoms with Crippen molar-refractivity contribution in [2.75, 3.05) is 0 Å². The van der Waals surface area contributed by atoms with E-state index in [0.717, 1.165) is 0 Å². The molecule has 0 rings (SSSR count). The van der Waals surface area contributed by atoms with E-state index in [0.29, 0.717) is 0 Å². The molecule has 0 aromatic rings. The van der Waals surface area contributed by atoms with E-state index < -0.39 is 24.0 Å². The van der Waals surface area contributed by atoms with Crippen molar-refractivity contribution in [2.24, 2.45) is 5.73 Å². The lowest BCUT2D eigenvalue weighted by molar-refractivity contribution is -0.141. The SMILES string of the molecule is [2H]N[C@@H](C)C(=O)N[C@@H](C)C(=O)O. The van der Waals surface area contributed by atoms with Gasteiger partial charge in [-0.2, -0.15) is 0 Å². The predicted octanol–water partition coefficient (Wildman–Crippen LogP) is -1.08. The maximum atomic E-state index is 10.9. The first-order chi connectivity index (χ1) is 5.49. The number of amides is 1. The number of aliphatic carboxylic acids is 1. The maximum absolute atomic E-state index is 10.9. The van der Waals surface area contributed by atoms with Gasteiger partial charge in [-0.05, 0) is 13.8 Å². The monoisotopic (exact) mass is 161 g/mol. The van der Waals surface area contributed by atoms with Crippen molar-refractivity contribution in [3.63, 3.8) is 0 Å². The predicted molar refractivity (Wildman–Crippen MR) is 38.9 cm³/mol. The van der Waals surface area contributed by atoms with Crippen molar-refractivity contribution in [3.05, 3.63) is 0 Å². The number of carbonyl (C=O) groups excluding carboxylic acids is 1. The van der Waals surface area contributed by atoms with Gasteiger partial charge in [0, 0.05) is 0 Å². The first-order valence-electron chi connectivity index (χ1n) is 3.69. The standard InChI is InChI=1S/C6H12N2O3/c1-3(7)5(9)8-4(2)6(10)11/h3-4H,7H2,1-2H3,(H,8,9)(H,10,11)/t3-,4-/m0/s1/i/hD. The third-order valence-electron chi connectivity index (χ3n) is 1.12. The summed E-state index contributed by atoms with van der Waals surface area (Å²) in [5.74, 6) is -1.60. The lowest BCUT2D eigenvalue weighted by Crippen LogP contribution is -2.45. The zero-order chi connectivity index (χ0) is 9.72. The Morgan fingerprint density at radius 1 is 1.64 bits per heavy atom. The molecule has 0 unspecified atom stereocenters. The Kier molecular flexibility index (Phi) is 2.85. The zero-order valence-electron chi connectivity index (χ0n) is 7.42. The summed E-state index contributed by atoms with van der Waals surface area (Å²) in [6, 6.07) is -1.62. The topological polar surface area (TPSA) is 92.4 Å². The number of hydrogen-bond acceptors (Lipinski definition) is 3. The molecule has 0 aliphatic heterocycles. The zero-order valence-corrected chi connectivity index (χ0v) is 6.42. The molecule has 64 valence electrons. The molecule has 0 fully saturated rings. The largest absolute Gasteiger partial charge is 0.480 e. The molecule has 0 spiro atoms. The molecular formula is C6H12N2O3. The molecule has 2 atom stereocenters. The van der Waals surface area contributed by atoms with E-state index in [1.807, 2.05) is 5.73 Å². The van der Waals surface area contributed by atoms with Gasteiger partial charge < -0.3 is 16.2 Å². The number of hydrogen-bond donors (Lipinski definition) is 3. The molecule has 0 saturated heterocycles. The first-order valence-corrected chi connectivity index (χ1v) is 3.19. The Morgan fingerprint density at radius 2 is 2.18 bits per heavy atom. The second kappa shape index (κ2) is 3.92. The number of nitrogens with two attached hydrogens (primary N) is 1. The van der Waals surface area contributed by atoms with Crippen LogP contribution in [-0.2, 0) is 9.59 Å². The molecule has 11 heavy (non-hydrogen) atoms. The van der Waals surface area contributed by atoms with Crippen molar-refractivity contribution in [1.82, 2.24) is 5.32 Å². The lowest BCUT2D eigenvalue weighted by Gasteiger charge is -2.10. The smallest absolute Gasteiger partial charge is 0.325 e. The Hall–Kier alpha value is -1.10. The Balaban J connectivity index is 3.92. The average Bonchev–Trinajstić information content (AvgIpc) is 2.02. The third kappa shape index (κ3) is 3.57. The van der Waals surface area contributed by atoms with Crippen molar-refractivity contribution in [3.8, 4) is 0 Å². The van der Waals surface area contributed by atoms with Gasteiger partial charge >= 0.3 is 5.97 Å². The highest BCUT2D eigenvalue weighted by atomic mass is 16.4. The highest BCUT2D eigenvalue weighted by Crippen LogP contribution is 1.83. The van der Waals surface area contributed by atoms with Crippen LogP contribution in [-0.4, -0.2) is 29.1 Å². The molecule has 0 aromatic heterocycles. The molecule has 0 aromatic carbocycles. The number of carboxylic acids is 1. The van der Waals surface area contributed by atoms with Crippen LogP contribution in [0.5, 0.6) is 0 Å². The summed E-state index contributed by atoms with van der Waals surface area (Å²) in [7, 11) is 0. The molecule has 0 aliphatic rings. The molecule has 0 saturated carbocycles. The number of nitrogens with one attached hydrogen (secondary N) is 1. The quantitative estimate of drug-likeness (QED) is 0.489. The van der Waals surface area contributed by atoms with Crippen molar-refractivity contribution in [1.29, 1.82) is 0 Å². The minimum Gasteiger partial charge on any atom is -0.480 e. The van der Waals surface area contributed by atoms with E-state index in [4.69, 9.17) is 6.52 Å². The Bertz CT molecular complexity index is 186. The van der Waals surface area contributed by atoms with Crippen molar-refractivity contribution in [2.45, 2.75) is 25.9 Å². The van der Waals surface area contributed by atoms with Crippen LogP contribution in [0, 0.1) is 0 Å². The fraction of sp³-hybridized carbons (Fsp3) is 0.667. The molecule has 5 nitrogen and oxygen atoms in total. The van der Waals surface area contributed by atoms with E-state index in [2.05, 4.69) is 5.32 Å². The van der Waals surface area contributed by atoms with Gasteiger partial charge in [0.05, 0.1) is 6.04 Å². The van der Waals surface area contributed by atoms with Gasteiger partial charge in [0.25, 0.3) is 0 Å². The Morgan fingerprint density at radius 3 is 2.55 bits per heavy atom. The minimum absolute atomic E-state index is 0.500. The molecule has 5 heteroatoms. The number of carbonyl (C=O) groups is 2. The van der Waals surface area contributed by atoms with Gasteiger partial charge in [0.15, 0.2) is 0 Å². The molecule has 1 amide bonds. The van der Waals surface area contributed by atoms with Gasteiger partial charge in [0.2, 0.25) is 5.91 Å². The number of carboxylic acid groups (broad SMARTS) is 1. The summed E-state index contributed by atoms with van der Waals surface area (Å²) in [6.45, 7) is 2.83. The summed E-state index contributed by atoms with van der Waals surface area (Å²) < 4.78 is 6.63. The van der Waals surface area contributed by atoms with Crippen LogP contribution in [0.1, 0.15) is 13.8 Å². The lowest BCUT2D eigenvalue weighted by atomic mass is 10.3. The number of rotatable bonds is 4. The van der Waals surface area contributed by atoms with Crippen LogP contribution >= 0.6 is 0 Å². The third-order valence-corrected chi connectivity index (χ3v) is 1.12. The summed E-state index contributed by atoms with van der Waals surface area (Å²) in [4.78, 5) is 21.2. The van der Waals surface area contributed by atoms with E-state index in [1.165, 1.54) is 13.8 Å². The highest BCUT2D eigenvalue weighted by Gasteiger charge is 2.15. The second-order valence-electron chi connectivity index (χ2n) is 2.29. The Labute approximate surface area is 66.0 Å². The highest BCUT2D eigenvalue weighted by molar-refractivity contribution is 5.86. The van der Waals surface area contributed by atoms with Crippen molar-refractivity contribution < 1.29 is 16.1 Å². The van der Waals surface area contributed by atoms with Gasteiger partial charge in [0.1, 0.15) is 7.45 Å². The molecular weight excluding hydrogens is 148 g/mol. The molecule has 4 N–H and O–H groups in total. The van der Waals surface area contributed by atoms with E-state index in [1.54, 1.807) is 0 Å². The van der Waals surface area contributed by atoms with Crippen LogP contribution in [0.3, 0.4) is 0 Å². The average molecular weight is 161 g/mol. The molecule has 0 bridgehead atoms. The minimum atomic E-state index is -1.10. The molecule has 0 radical (unpaired) electrons. The van der Waals surface area contributed by atoms with Crippen LogP contribution in [0.15, 0.2) is 0 Å². The summed E-state index contributed by atoms with van der Waals surface area (Å²) >= 11 is 0. The van der Waals surface area contributed by atoms with E-state index >= 15 is 0 Å². The van der Waals surface area contributed by atoms with Crippen LogP contribution in [0.4, 0.5) is 0 Å². The first kappa shape index (κ1) is 8.00. The van der Waals surface area contributed by atoms with Crippen LogP contribution in [0.2, 0.25) is 1.41 Å². The van der Waals surface area contributed by atoms with Gasteiger partial charge in [-0.3, -0.25) is 9.59 Å². The second-order valence-corrected chi connectivity index (χ2v) is 2.29. The maximum Gasteiger partial charge on any atom is 0.325 e. The van der Waals surface area contributed by atoms with Gasteiger partial charge in [-0.15, -0.1) is 0 Å². The molecule has 0 heterocycles. The summed E-state index contributed by atoms with van der Waals surface area (Å²) in [6.07, 6.45) is 0.